The second kappa shape index (κ2) is 6.50. The van der Waals surface area contributed by atoms with Gasteiger partial charge in [-0.05, 0) is 24.6 Å². The van der Waals surface area contributed by atoms with Crippen LogP contribution in [0.1, 0.15) is 16.1 Å². The fourth-order valence-electron chi connectivity index (χ4n) is 2.84. The molecule has 9 heteroatoms. The molecule has 4 N–H and O–H groups in total. The number of thiophene rings is 1. The number of amides is 1. The topological polar surface area (TPSA) is 107 Å². The maximum Gasteiger partial charge on any atom is 0.264 e. The average Bonchev–Trinajstić information content (AvgIpc) is 3.23. The van der Waals surface area contributed by atoms with Gasteiger partial charge in [0, 0.05) is 30.9 Å². The number of carbonyl (C=O) groups excluding carboxylic acids is 1. The van der Waals surface area contributed by atoms with Crippen molar-refractivity contribution in [1.82, 2.24) is 14.9 Å². The number of carbonyl (C=O) groups is 1. The number of hydrogen-bond acceptors (Lipinski definition) is 7. The molecule has 1 saturated heterocycles. The number of halogens is 1. The number of hydrogen-bond donors (Lipinski definition) is 2. The number of ether oxygens (including phenoxy) is 1. The van der Waals surface area contributed by atoms with Gasteiger partial charge in [-0.3, -0.25) is 4.79 Å². The van der Waals surface area contributed by atoms with Gasteiger partial charge in [0.2, 0.25) is 5.88 Å². The van der Waals surface area contributed by atoms with Crippen LogP contribution < -0.4 is 16.2 Å². The molecule has 1 fully saturated rings. The van der Waals surface area contributed by atoms with Crippen molar-refractivity contribution in [3.05, 3.63) is 41.3 Å². The predicted molar refractivity (Wildman–Crippen MR) is 96.8 cm³/mol. The first-order valence-electron chi connectivity index (χ1n) is 8.03. The van der Waals surface area contributed by atoms with Crippen LogP contribution in [0, 0.1) is 5.82 Å². The Morgan fingerprint density at radius 3 is 2.92 bits per heavy atom. The summed E-state index contributed by atoms with van der Waals surface area (Å²) in [4.78, 5) is 23.1. The molecule has 0 spiro atoms. The fourth-order valence-corrected chi connectivity index (χ4v) is 3.85. The van der Waals surface area contributed by atoms with E-state index in [9.17, 15) is 9.18 Å². The Labute approximate surface area is 152 Å². The summed E-state index contributed by atoms with van der Waals surface area (Å²) < 4.78 is 20.2. The van der Waals surface area contributed by atoms with E-state index < -0.39 is 5.82 Å². The van der Waals surface area contributed by atoms with E-state index in [4.69, 9.17) is 16.2 Å². The molecule has 1 atom stereocenters. The smallest absolute Gasteiger partial charge is 0.264 e. The van der Waals surface area contributed by atoms with Crippen molar-refractivity contribution in [2.24, 2.45) is 5.73 Å². The molecule has 1 aliphatic heterocycles. The predicted octanol–water partition coefficient (Wildman–Crippen LogP) is 2.38. The number of likely N-dealkylation sites (tertiary alicyclic amines) is 1. The van der Waals surface area contributed by atoms with Gasteiger partial charge in [-0.25, -0.2) is 14.4 Å². The highest BCUT2D eigenvalue weighted by atomic mass is 32.1. The molecule has 3 heterocycles. The zero-order valence-electron chi connectivity index (χ0n) is 13.7. The number of benzene rings is 1. The summed E-state index contributed by atoms with van der Waals surface area (Å²) in [6.07, 6.45) is 2.11. The molecular weight excluding hydrogens is 357 g/mol. The molecule has 0 aliphatic carbocycles. The number of anilines is 1. The average molecular weight is 373 g/mol. The van der Waals surface area contributed by atoms with Gasteiger partial charge in [0.15, 0.2) is 11.6 Å². The molecule has 4 rings (SSSR count). The van der Waals surface area contributed by atoms with Crippen LogP contribution in [0.5, 0.6) is 11.6 Å². The second-order valence-corrected chi connectivity index (χ2v) is 7.15. The molecular formula is C17H16FN5O2S. The van der Waals surface area contributed by atoms with Crippen molar-refractivity contribution in [2.75, 3.05) is 18.8 Å². The molecule has 3 aromatic rings. The molecule has 2 aromatic heterocycles. The zero-order valence-corrected chi connectivity index (χ0v) is 14.5. The maximum atomic E-state index is 14.0. The third kappa shape index (κ3) is 3.06. The van der Waals surface area contributed by atoms with Crippen molar-refractivity contribution in [2.45, 2.75) is 12.5 Å². The SMILES string of the molecule is Nc1ccc(Oc2ncnc3cc(C(=O)N4CCC(N)C4)sc23)c(F)c1. The van der Waals surface area contributed by atoms with Crippen LogP contribution in [-0.2, 0) is 0 Å². The normalized spacial score (nSPS) is 17.0. The van der Waals surface area contributed by atoms with Crippen molar-refractivity contribution in [1.29, 1.82) is 0 Å². The second-order valence-electron chi connectivity index (χ2n) is 6.10. The lowest BCUT2D eigenvalue weighted by atomic mass is 10.3. The summed E-state index contributed by atoms with van der Waals surface area (Å²) in [7, 11) is 0. The summed E-state index contributed by atoms with van der Waals surface area (Å²) in [5.41, 5.74) is 12.3. The Bertz CT molecular complexity index is 992. The van der Waals surface area contributed by atoms with Crippen LogP contribution in [0.15, 0.2) is 30.6 Å². The van der Waals surface area contributed by atoms with Gasteiger partial charge in [-0.15, -0.1) is 11.3 Å². The van der Waals surface area contributed by atoms with Crippen molar-refractivity contribution in [3.8, 4) is 11.6 Å². The maximum absolute atomic E-state index is 14.0. The lowest BCUT2D eigenvalue weighted by molar-refractivity contribution is 0.0795. The largest absolute Gasteiger partial charge is 0.434 e. The Morgan fingerprint density at radius 2 is 2.19 bits per heavy atom. The number of nitrogen functional groups attached to an aromatic ring is 1. The first kappa shape index (κ1) is 16.7. The molecule has 26 heavy (non-hydrogen) atoms. The summed E-state index contributed by atoms with van der Waals surface area (Å²) in [6, 6.07) is 5.86. The molecule has 1 unspecified atom stereocenters. The van der Waals surface area contributed by atoms with Crippen molar-refractivity contribution in [3.63, 3.8) is 0 Å². The van der Waals surface area contributed by atoms with E-state index in [2.05, 4.69) is 9.97 Å². The van der Waals surface area contributed by atoms with Gasteiger partial charge < -0.3 is 21.1 Å². The number of rotatable bonds is 3. The third-order valence-electron chi connectivity index (χ3n) is 4.16. The quantitative estimate of drug-likeness (QED) is 0.683. The van der Waals surface area contributed by atoms with Crippen molar-refractivity contribution < 1.29 is 13.9 Å². The molecule has 7 nitrogen and oxygen atoms in total. The van der Waals surface area contributed by atoms with Gasteiger partial charge in [0.25, 0.3) is 5.91 Å². The first-order chi connectivity index (χ1) is 12.5. The number of nitrogens with two attached hydrogens (primary N) is 2. The summed E-state index contributed by atoms with van der Waals surface area (Å²) >= 11 is 1.22. The van der Waals surface area contributed by atoms with Crippen LogP contribution in [-0.4, -0.2) is 39.9 Å². The first-order valence-corrected chi connectivity index (χ1v) is 8.85. The van der Waals surface area contributed by atoms with Gasteiger partial charge in [0.1, 0.15) is 11.0 Å². The highest BCUT2D eigenvalue weighted by molar-refractivity contribution is 7.21. The van der Waals surface area contributed by atoms with E-state index in [0.717, 1.165) is 6.42 Å². The minimum atomic E-state index is -0.587. The van der Waals surface area contributed by atoms with E-state index in [1.54, 1.807) is 11.0 Å². The number of aromatic nitrogens is 2. The van der Waals surface area contributed by atoms with Crippen LogP contribution >= 0.6 is 11.3 Å². The lowest BCUT2D eigenvalue weighted by Crippen LogP contribution is -2.31. The van der Waals surface area contributed by atoms with E-state index in [0.29, 0.717) is 33.9 Å². The minimum Gasteiger partial charge on any atom is -0.434 e. The summed E-state index contributed by atoms with van der Waals surface area (Å²) in [5.74, 6) is -0.479. The number of fused-ring (bicyclic) bond motifs is 1. The lowest BCUT2D eigenvalue weighted by Gasteiger charge is -2.13. The van der Waals surface area contributed by atoms with Crippen molar-refractivity contribution >= 4 is 33.1 Å². The highest BCUT2D eigenvalue weighted by Gasteiger charge is 2.26. The van der Waals surface area contributed by atoms with Crippen LogP contribution in [0.4, 0.5) is 10.1 Å². The Kier molecular flexibility index (Phi) is 4.17. The number of nitrogens with zero attached hydrogens (tertiary/aromatic N) is 3. The fraction of sp³-hybridized carbons (Fsp3) is 0.235. The van der Waals surface area contributed by atoms with Gasteiger partial charge in [-0.2, -0.15) is 0 Å². The molecule has 134 valence electrons. The Balaban J connectivity index is 1.66. The molecule has 0 radical (unpaired) electrons. The van der Waals surface area contributed by atoms with E-state index >= 15 is 0 Å². The molecule has 0 bridgehead atoms. The zero-order chi connectivity index (χ0) is 18.3. The van der Waals surface area contributed by atoms with Gasteiger partial charge in [0.05, 0.1) is 10.4 Å². The van der Waals surface area contributed by atoms with Crippen LogP contribution in [0.3, 0.4) is 0 Å². The monoisotopic (exact) mass is 373 g/mol. The van der Waals surface area contributed by atoms with Gasteiger partial charge >= 0.3 is 0 Å². The van der Waals surface area contributed by atoms with Gasteiger partial charge in [-0.1, -0.05) is 0 Å². The van der Waals surface area contributed by atoms with Crippen LogP contribution in [0.2, 0.25) is 0 Å². The summed E-state index contributed by atoms with van der Waals surface area (Å²) in [6.45, 7) is 1.18. The minimum absolute atomic E-state index is 0.00555. The molecule has 1 aliphatic rings. The Morgan fingerprint density at radius 1 is 1.35 bits per heavy atom. The van der Waals surface area contributed by atoms with E-state index in [-0.39, 0.29) is 23.6 Å². The molecule has 1 amide bonds. The molecule has 0 saturated carbocycles. The van der Waals surface area contributed by atoms with E-state index in [1.165, 1.54) is 35.9 Å². The van der Waals surface area contributed by atoms with Crippen LogP contribution in [0.25, 0.3) is 10.2 Å². The van der Waals surface area contributed by atoms with E-state index in [1.807, 2.05) is 0 Å². The molecule has 1 aromatic carbocycles. The summed E-state index contributed by atoms with van der Waals surface area (Å²) in [5, 5.41) is 0. The standard InChI is InChI=1S/C17H16FN5O2S/c18-11-5-9(19)1-2-13(11)25-16-15-12(21-8-22-16)6-14(26-15)17(24)23-4-3-10(20)7-23/h1-2,5-6,8,10H,3-4,7,19-20H2. The highest BCUT2D eigenvalue weighted by Crippen LogP contribution is 2.35. The Hall–Kier alpha value is -2.78. The third-order valence-corrected chi connectivity index (χ3v) is 5.26.